The van der Waals surface area contributed by atoms with E-state index < -0.39 is 20.7 Å². The van der Waals surface area contributed by atoms with Crippen molar-refractivity contribution >= 4 is 32.8 Å². The lowest BCUT2D eigenvalue weighted by molar-refractivity contribution is -0.384. The molecule has 0 unspecified atom stereocenters. The minimum Gasteiger partial charge on any atom is -0.377 e. The van der Waals surface area contributed by atoms with E-state index in [0.29, 0.717) is 11.4 Å². The molecule has 1 aliphatic carbocycles. The fourth-order valence-corrected chi connectivity index (χ4v) is 3.39. The van der Waals surface area contributed by atoms with E-state index >= 15 is 0 Å². The van der Waals surface area contributed by atoms with Crippen LogP contribution in [0, 0.1) is 10.1 Å². The SMILES string of the molecule is CCS(=O)(=O)c1ccc(NC(=O)c2ccc(NC3CC3)c([N+](=O)[O-])c2)cc1. The summed E-state index contributed by atoms with van der Waals surface area (Å²) in [4.78, 5) is 23.3. The number of nitrogens with zero attached hydrogens (tertiary/aromatic N) is 1. The van der Waals surface area contributed by atoms with Gasteiger partial charge in [0.05, 0.1) is 15.6 Å². The molecule has 0 saturated heterocycles. The summed E-state index contributed by atoms with van der Waals surface area (Å²) < 4.78 is 23.6. The van der Waals surface area contributed by atoms with Crippen molar-refractivity contribution in [2.75, 3.05) is 16.4 Å². The molecule has 0 bridgehead atoms. The van der Waals surface area contributed by atoms with Crippen molar-refractivity contribution in [2.45, 2.75) is 30.7 Å². The van der Waals surface area contributed by atoms with Gasteiger partial charge >= 0.3 is 0 Å². The Morgan fingerprint density at radius 1 is 1.19 bits per heavy atom. The standard InChI is InChI=1S/C18H19N3O5S/c1-2-27(25,26)15-8-6-14(7-9-15)20-18(22)12-3-10-16(19-13-4-5-13)17(11-12)21(23)24/h3,6-11,13,19H,2,4-5H2,1H3,(H,20,22). The number of carbonyl (C=O) groups excluding carboxylic acids is 1. The summed E-state index contributed by atoms with van der Waals surface area (Å²) in [6.07, 6.45) is 1.95. The van der Waals surface area contributed by atoms with Crippen LogP contribution in [-0.2, 0) is 9.84 Å². The Labute approximate surface area is 156 Å². The molecule has 2 aromatic rings. The molecule has 2 aromatic carbocycles. The number of rotatable bonds is 7. The van der Waals surface area contributed by atoms with Crippen molar-refractivity contribution in [1.29, 1.82) is 0 Å². The van der Waals surface area contributed by atoms with Crippen LogP contribution in [0.2, 0.25) is 0 Å². The Morgan fingerprint density at radius 3 is 2.41 bits per heavy atom. The second kappa shape index (κ2) is 7.36. The van der Waals surface area contributed by atoms with Gasteiger partial charge in [0.15, 0.2) is 9.84 Å². The highest BCUT2D eigenvalue weighted by atomic mass is 32.2. The van der Waals surface area contributed by atoms with Gasteiger partial charge in [0.25, 0.3) is 11.6 Å². The molecule has 9 heteroatoms. The molecule has 3 rings (SSSR count). The van der Waals surface area contributed by atoms with Crippen LogP contribution in [0.5, 0.6) is 0 Å². The van der Waals surface area contributed by atoms with E-state index in [1.165, 1.54) is 42.5 Å². The lowest BCUT2D eigenvalue weighted by Crippen LogP contribution is -2.13. The lowest BCUT2D eigenvalue weighted by Gasteiger charge is -2.09. The molecule has 1 saturated carbocycles. The molecule has 1 aliphatic rings. The molecule has 2 N–H and O–H groups in total. The first-order chi connectivity index (χ1) is 12.8. The third-order valence-corrected chi connectivity index (χ3v) is 6.00. The molecular weight excluding hydrogens is 370 g/mol. The maximum absolute atomic E-state index is 12.4. The van der Waals surface area contributed by atoms with Gasteiger partial charge in [-0.3, -0.25) is 14.9 Å². The van der Waals surface area contributed by atoms with Gasteiger partial charge in [-0.1, -0.05) is 6.92 Å². The van der Waals surface area contributed by atoms with Gasteiger partial charge in [-0.15, -0.1) is 0 Å². The molecule has 0 atom stereocenters. The van der Waals surface area contributed by atoms with Crippen molar-refractivity contribution in [3.05, 3.63) is 58.1 Å². The molecule has 0 radical (unpaired) electrons. The van der Waals surface area contributed by atoms with Crippen LogP contribution in [0.3, 0.4) is 0 Å². The van der Waals surface area contributed by atoms with E-state index in [-0.39, 0.29) is 27.9 Å². The van der Waals surface area contributed by atoms with Crippen molar-refractivity contribution in [3.8, 4) is 0 Å². The fourth-order valence-electron chi connectivity index (χ4n) is 2.51. The van der Waals surface area contributed by atoms with Gasteiger partial charge in [-0.2, -0.15) is 0 Å². The zero-order valence-corrected chi connectivity index (χ0v) is 15.5. The predicted octanol–water partition coefficient (Wildman–Crippen LogP) is 3.22. The van der Waals surface area contributed by atoms with Gasteiger partial charge < -0.3 is 10.6 Å². The second-order valence-corrected chi connectivity index (χ2v) is 8.57. The third kappa shape index (κ3) is 4.43. The average molecular weight is 389 g/mol. The third-order valence-electron chi connectivity index (χ3n) is 4.24. The summed E-state index contributed by atoms with van der Waals surface area (Å²) in [6, 6.07) is 10.3. The number of hydrogen-bond donors (Lipinski definition) is 2. The maximum atomic E-state index is 12.4. The Balaban J connectivity index is 1.77. The quantitative estimate of drug-likeness (QED) is 0.554. The van der Waals surface area contributed by atoms with Crippen LogP contribution in [0.4, 0.5) is 17.1 Å². The van der Waals surface area contributed by atoms with E-state index in [4.69, 9.17) is 0 Å². The zero-order chi connectivity index (χ0) is 19.6. The van der Waals surface area contributed by atoms with Gasteiger partial charge in [0.2, 0.25) is 0 Å². The van der Waals surface area contributed by atoms with E-state index in [1.54, 1.807) is 6.92 Å². The smallest absolute Gasteiger partial charge is 0.293 e. The van der Waals surface area contributed by atoms with Gasteiger partial charge in [0, 0.05) is 23.4 Å². The second-order valence-electron chi connectivity index (χ2n) is 6.29. The van der Waals surface area contributed by atoms with Crippen molar-refractivity contribution in [3.63, 3.8) is 0 Å². The van der Waals surface area contributed by atoms with Gasteiger partial charge in [-0.05, 0) is 49.2 Å². The largest absolute Gasteiger partial charge is 0.377 e. The number of carbonyl (C=O) groups is 1. The number of anilines is 2. The van der Waals surface area contributed by atoms with Crippen LogP contribution in [0.25, 0.3) is 0 Å². The van der Waals surface area contributed by atoms with Crippen molar-refractivity contribution < 1.29 is 18.1 Å². The molecule has 0 spiro atoms. The summed E-state index contributed by atoms with van der Waals surface area (Å²) in [6.45, 7) is 1.56. The molecule has 8 nitrogen and oxygen atoms in total. The maximum Gasteiger partial charge on any atom is 0.293 e. The van der Waals surface area contributed by atoms with Gasteiger partial charge in [0.1, 0.15) is 5.69 Å². The van der Waals surface area contributed by atoms with E-state index in [9.17, 15) is 23.3 Å². The number of sulfone groups is 1. The minimum atomic E-state index is -3.32. The average Bonchev–Trinajstić information content (AvgIpc) is 3.46. The van der Waals surface area contributed by atoms with Crippen LogP contribution in [0.15, 0.2) is 47.4 Å². The summed E-state index contributed by atoms with van der Waals surface area (Å²) in [5, 5.41) is 17.0. The summed E-state index contributed by atoms with van der Waals surface area (Å²) in [7, 11) is -3.32. The topological polar surface area (TPSA) is 118 Å². The molecule has 27 heavy (non-hydrogen) atoms. The minimum absolute atomic E-state index is 0.0103. The van der Waals surface area contributed by atoms with Crippen LogP contribution in [-0.4, -0.2) is 31.0 Å². The highest BCUT2D eigenvalue weighted by molar-refractivity contribution is 7.91. The number of nitro groups is 1. The number of hydrogen-bond acceptors (Lipinski definition) is 6. The highest BCUT2D eigenvalue weighted by Crippen LogP contribution is 2.31. The fraction of sp³-hybridized carbons (Fsp3) is 0.278. The molecule has 1 fully saturated rings. The first-order valence-electron chi connectivity index (χ1n) is 8.49. The molecule has 0 aromatic heterocycles. The van der Waals surface area contributed by atoms with Crippen LogP contribution >= 0.6 is 0 Å². The molecule has 0 heterocycles. The number of amides is 1. The zero-order valence-electron chi connectivity index (χ0n) is 14.6. The van der Waals surface area contributed by atoms with Crippen LogP contribution in [0.1, 0.15) is 30.1 Å². The Morgan fingerprint density at radius 2 is 1.85 bits per heavy atom. The van der Waals surface area contributed by atoms with E-state index in [2.05, 4.69) is 10.6 Å². The lowest BCUT2D eigenvalue weighted by atomic mass is 10.1. The molecule has 0 aliphatic heterocycles. The molecular formula is C18H19N3O5S. The monoisotopic (exact) mass is 389 g/mol. The number of nitro benzene ring substituents is 1. The highest BCUT2D eigenvalue weighted by Gasteiger charge is 2.25. The van der Waals surface area contributed by atoms with Crippen molar-refractivity contribution in [2.24, 2.45) is 0 Å². The van der Waals surface area contributed by atoms with Gasteiger partial charge in [-0.25, -0.2) is 8.42 Å². The van der Waals surface area contributed by atoms with Crippen molar-refractivity contribution in [1.82, 2.24) is 0 Å². The molecule has 1 amide bonds. The predicted molar refractivity (Wildman–Crippen MR) is 102 cm³/mol. The summed E-state index contributed by atoms with van der Waals surface area (Å²) in [5.41, 5.74) is 0.790. The molecule has 142 valence electrons. The number of benzene rings is 2. The Kier molecular flexibility index (Phi) is 5.13. The first-order valence-corrected chi connectivity index (χ1v) is 10.1. The Bertz CT molecular complexity index is 983. The van der Waals surface area contributed by atoms with E-state index in [0.717, 1.165) is 12.8 Å². The first kappa shape index (κ1) is 18.8. The van der Waals surface area contributed by atoms with E-state index in [1.807, 2.05) is 0 Å². The normalized spacial score (nSPS) is 13.8. The van der Waals surface area contributed by atoms with Crippen LogP contribution < -0.4 is 10.6 Å². The summed E-state index contributed by atoms with van der Waals surface area (Å²) in [5.74, 6) is -0.522. The number of nitrogens with one attached hydrogen (secondary N) is 2. The Hall–Kier alpha value is -2.94. The summed E-state index contributed by atoms with van der Waals surface area (Å²) >= 11 is 0.